The predicted octanol–water partition coefficient (Wildman–Crippen LogP) is -1.48. The van der Waals surface area contributed by atoms with Crippen molar-refractivity contribution in [2.75, 3.05) is 13.2 Å². The Labute approximate surface area is 224 Å². The van der Waals surface area contributed by atoms with Crippen molar-refractivity contribution in [3.05, 3.63) is 47.5 Å². The molecule has 2 aliphatic rings. The molecule has 0 radical (unpaired) electrons. The number of aromatic nitrogens is 1. The molecule has 210 valence electrons. The highest BCUT2D eigenvalue weighted by molar-refractivity contribution is 6.08. The Morgan fingerprint density at radius 1 is 0.718 bits per heavy atom. The lowest BCUT2D eigenvalue weighted by molar-refractivity contribution is -0.231. The van der Waals surface area contributed by atoms with Gasteiger partial charge in [-0.15, -0.1) is 0 Å². The summed E-state index contributed by atoms with van der Waals surface area (Å²) >= 11 is 0. The van der Waals surface area contributed by atoms with Gasteiger partial charge in [-0.3, -0.25) is 0 Å². The second kappa shape index (κ2) is 11.1. The van der Waals surface area contributed by atoms with Gasteiger partial charge in [-0.25, -0.2) is 0 Å². The van der Waals surface area contributed by atoms with E-state index in [1.54, 1.807) is 6.07 Å². The van der Waals surface area contributed by atoms with Gasteiger partial charge in [0, 0.05) is 33.9 Å². The van der Waals surface area contributed by atoms with E-state index in [4.69, 9.17) is 9.47 Å². The van der Waals surface area contributed by atoms with Crippen LogP contribution in [0.4, 0.5) is 0 Å². The van der Waals surface area contributed by atoms with Crippen molar-refractivity contribution in [3.8, 4) is 11.8 Å². The predicted molar refractivity (Wildman–Crippen MR) is 138 cm³/mol. The summed E-state index contributed by atoms with van der Waals surface area (Å²) in [6.45, 7) is 1.63. The van der Waals surface area contributed by atoms with Crippen molar-refractivity contribution in [1.29, 1.82) is 0 Å². The van der Waals surface area contributed by atoms with E-state index in [0.29, 0.717) is 17.7 Å². The minimum Gasteiger partial charge on any atom is -0.394 e. The van der Waals surface area contributed by atoms with Gasteiger partial charge in [0.1, 0.15) is 61.0 Å². The number of ether oxygens (including phenoxy) is 2. The molecule has 0 bridgehead atoms. The molecular weight excluding hydrogens is 510 g/mol. The van der Waals surface area contributed by atoms with Crippen molar-refractivity contribution in [2.45, 2.75) is 74.5 Å². The largest absolute Gasteiger partial charge is 0.394 e. The first kappa shape index (κ1) is 27.9. The van der Waals surface area contributed by atoms with Crippen molar-refractivity contribution >= 4 is 21.8 Å². The van der Waals surface area contributed by atoms with Crippen LogP contribution in [0.2, 0.25) is 0 Å². The molecule has 1 aromatic heterocycles. The molecule has 3 heterocycles. The van der Waals surface area contributed by atoms with Crippen LogP contribution in [0, 0.1) is 11.8 Å². The third-order valence-corrected chi connectivity index (χ3v) is 7.68. The maximum absolute atomic E-state index is 10.6. The van der Waals surface area contributed by atoms with Gasteiger partial charge in [-0.2, -0.15) is 0 Å². The molecule has 11 heteroatoms. The monoisotopic (exact) mass is 543 g/mol. The van der Waals surface area contributed by atoms with E-state index < -0.39 is 74.3 Å². The van der Waals surface area contributed by atoms with Crippen LogP contribution in [0.5, 0.6) is 0 Å². The molecular formula is C28H33NO10. The fourth-order valence-corrected chi connectivity index (χ4v) is 5.47. The Morgan fingerprint density at radius 2 is 1.31 bits per heavy atom. The number of nitrogens with zero attached hydrogens (tertiary/aromatic N) is 1. The number of aliphatic hydroxyl groups is 8. The van der Waals surface area contributed by atoms with Crippen LogP contribution in [0.15, 0.2) is 36.4 Å². The molecule has 2 fully saturated rings. The quantitative estimate of drug-likeness (QED) is 0.181. The number of hydrogen-bond donors (Lipinski definition) is 8. The summed E-state index contributed by atoms with van der Waals surface area (Å²) in [6, 6.07) is 11.1. The van der Waals surface area contributed by atoms with Crippen molar-refractivity contribution in [2.24, 2.45) is 0 Å². The zero-order valence-corrected chi connectivity index (χ0v) is 21.2. The third-order valence-electron chi connectivity index (χ3n) is 7.68. The highest BCUT2D eigenvalue weighted by Crippen LogP contribution is 2.37. The van der Waals surface area contributed by atoms with Crippen LogP contribution in [-0.4, -0.2) is 114 Å². The van der Waals surface area contributed by atoms with Gasteiger partial charge in [0.25, 0.3) is 0 Å². The van der Waals surface area contributed by atoms with Crippen LogP contribution >= 0.6 is 0 Å². The van der Waals surface area contributed by atoms with Gasteiger partial charge in [0.15, 0.2) is 0 Å². The molecule has 5 rings (SSSR count). The molecule has 2 aliphatic heterocycles. The summed E-state index contributed by atoms with van der Waals surface area (Å²) in [5.74, 6) is 5.73. The number of aryl methyl sites for hydroxylation is 1. The van der Waals surface area contributed by atoms with Crippen molar-refractivity contribution < 1.29 is 50.3 Å². The molecule has 2 aromatic carbocycles. The Bertz CT molecular complexity index is 1390. The van der Waals surface area contributed by atoms with Gasteiger partial charge >= 0.3 is 0 Å². The highest BCUT2D eigenvalue weighted by atomic mass is 16.5. The van der Waals surface area contributed by atoms with Crippen molar-refractivity contribution in [1.82, 2.24) is 4.57 Å². The first-order valence-electron chi connectivity index (χ1n) is 12.9. The fraction of sp³-hybridized carbons (Fsp3) is 0.500. The smallest absolute Gasteiger partial charge is 0.147 e. The van der Waals surface area contributed by atoms with Gasteiger partial charge in [-0.1, -0.05) is 17.9 Å². The lowest BCUT2D eigenvalue weighted by Gasteiger charge is -2.40. The molecule has 0 spiro atoms. The Balaban J connectivity index is 1.53. The molecule has 3 aromatic rings. The summed E-state index contributed by atoms with van der Waals surface area (Å²) in [6.07, 6.45) is -12.9. The fourth-order valence-electron chi connectivity index (χ4n) is 5.47. The lowest BCUT2D eigenvalue weighted by atomic mass is 9.90. The maximum atomic E-state index is 10.6. The molecule has 8 N–H and O–H groups in total. The standard InChI is InChI=1S/C28H33NO10/c1-2-29-17-6-3-13(4-8-19-22(32)25(35)23(33)20(11-30)38-19)9-15(17)16-10-14(5-7-18(16)29)28-27(37)26(36)24(34)21(12-31)39-28/h3,5-7,9-10,19-28,30-37H,2,11-12H2,1H3/t19-,20-,21?,22-,23-,24-,25-,26+,27+,28-/m1/s1. The summed E-state index contributed by atoms with van der Waals surface area (Å²) < 4.78 is 13.3. The van der Waals surface area contributed by atoms with Gasteiger partial charge in [0.05, 0.1) is 13.2 Å². The molecule has 2 saturated heterocycles. The van der Waals surface area contributed by atoms with Gasteiger partial charge in [0.2, 0.25) is 0 Å². The normalized spacial score (nSPS) is 35.2. The van der Waals surface area contributed by atoms with E-state index >= 15 is 0 Å². The lowest BCUT2D eigenvalue weighted by Crippen LogP contribution is -2.58. The summed E-state index contributed by atoms with van der Waals surface area (Å²) in [4.78, 5) is 0. The first-order valence-corrected chi connectivity index (χ1v) is 12.9. The summed E-state index contributed by atoms with van der Waals surface area (Å²) in [5, 5.41) is 82.0. The van der Waals surface area contributed by atoms with Crippen LogP contribution < -0.4 is 0 Å². The Kier molecular flexibility index (Phi) is 7.96. The topological polar surface area (TPSA) is 185 Å². The summed E-state index contributed by atoms with van der Waals surface area (Å²) in [7, 11) is 0. The SMILES string of the molecule is CCn1c2ccc(C#C[C@H]3O[C@H](CO)[C@@H](O)[C@H](O)[C@@H]3O)cc2c2cc([C@H]3OC(CO)[C@@H](O)[C@H](O)[C@@H]3O)ccc21. The molecule has 1 unspecified atom stereocenters. The number of fused-ring (bicyclic) bond motifs is 3. The molecule has 10 atom stereocenters. The maximum Gasteiger partial charge on any atom is 0.147 e. The van der Waals surface area contributed by atoms with Crippen LogP contribution in [0.3, 0.4) is 0 Å². The van der Waals surface area contributed by atoms with Crippen LogP contribution in [0.25, 0.3) is 21.8 Å². The minimum absolute atomic E-state index is 0.519. The molecule has 0 saturated carbocycles. The van der Waals surface area contributed by atoms with Crippen molar-refractivity contribution in [3.63, 3.8) is 0 Å². The molecule has 39 heavy (non-hydrogen) atoms. The van der Waals surface area contributed by atoms with Crippen LogP contribution in [-0.2, 0) is 16.0 Å². The van der Waals surface area contributed by atoms with E-state index in [1.807, 2.05) is 37.3 Å². The number of rotatable bonds is 4. The molecule has 0 amide bonds. The molecule has 11 nitrogen and oxygen atoms in total. The Morgan fingerprint density at radius 3 is 1.95 bits per heavy atom. The van der Waals surface area contributed by atoms with Gasteiger partial charge in [-0.05, 0) is 42.8 Å². The highest BCUT2D eigenvalue weighted by Gasteiger charge is 2.44. The van der Waals surface area contributed by atoms with E-state index in [2.05, 4.69) is 16.4 Å². The zero-order chi connectivity index (χ0) is 28.0. The second-order valence-electron chi connectivity index (χ2n) is 10.0. The first-order chi connectivity index (χ1) is 18.7. The van der Waals surface area contributed by atoms with E-state index in [1.165, 1.54) is 0 Å². The third kappa shape index (κ3) is 4.83. The van der Waals surface area contributed by atoms with Crippen LogP contribution in [0.1, 0.15) is 24.2 Å². The second-order valence-corrected chi connectivity index (χ2v) is 10.0. The minimum atomic E-state index is -1.51. The average molecular weight is 544 g/mol. The number of hydrogen-bond acceptors (Lipinski definition) is 10. The average Bonchev–Trinajstić information content (AvgIpc) is 3.26. The van der Waals surface area contributed by atoms with E-state index in [-0.39, 0.29) is 0 Å². The van der Waals surface area contributed by atoms with E-state index in [9.17, 15) is 40.9 Å². The number of benzene rings is 2. The Hall–Kier alpha value is -2.60. The zero-order valence-electron chi connectivity index (χ0n) is 21.2. The summed E-state index contributed by atoms with van der Waals surface area (Å²) in [5.41, 5.74) is 3.00. The van der Waals surface area contributed by atoms with E-state index in [0.717, 1.165) is 21.8 Å². The number of aliphatic hydroxyl groups excluding tert-OH is 8. The molecule has 0 aliphatic carbocycles. The van der Waals surface area contributed by atoms with Gasteiger partial charge < -0.3 is 54.9 Å².